The molecule has 0 aliphatic rings. The van der Waals surface area contributed by atoms with E-state index >= 15 is 0 Å². The molecular formula is C8H9ClN6O2S. The Hall–Kier alpha value is -1.61. The normalized spacial score (nSPS) is 10.8. The fraction of sp³-hybridized carbons (Fsp3) is 0.375. The summed E-state index contributed by atoms with van der Waals surface area (Å²) in [4.78, 5) is 14.7. The first-order chi connectivity index (χ1) is 8.58. The van der Waals surface area contributed by atoms with E-state index in [9.17, 15) is 4.79 Å². The van der Waals surface area contributed by atoms with Crippen LogP contribution in [-0.2, 0) is 24.1 Å². The van der Waals surface area contributed by atoms with Gasteiger partial charge in [0, 0.05) is 7.05 Å². The number of carboxylic acids is 1. The molecule has 0 saturated heterocycles. The minimum Gasteiger partial charge on any atom is -0.480 e. The molecule has 2 heterocycles. The summed E-state index contributed by atoms with van der Waals surface area (Å²) in [7, 11) is 1.80. The van der Waals surface area contributed by atoms with Gasteiger partial charge in [0.25, 0.3) is 0 Å². The lowest BCUT2D eigenvalue weighted by Crippen LogP contribution is -2.11. The van der Waals surface area contributed by atoms with Gasteiger partial charge in [0.15, 0.2) is 0 Å². The van der Waals surface area contributed by atoms with E-state index in [4.69, 9.17) is 16.7 Å². The van der Waals surface area contributed by atoms with Crippen LogP contribution in [0.25, 0.3) is 0 Å². The smallest absolute Gasteiger partial charge is 0.325 e. The van der Waals surface area contributed by atoms with Gasteiger partial charge in [-0.1, -0.05) is 23.4 Å². The highest BCUT2D eigenvalue weighted by molar-refractivity contribution is 7.98. The first kappa shape index (κ1) is 12.8. The molecule has 2 rings (SSSR count). The number of carbonyl (C=O) groups is 1. The number of aromatic nitrogens is 6. The third-order valence-electron chi connectivity index (χ3n) is 2.14. The van der Waals surface area contributed by atoms with Crippen LogP contribution in [0.3, 0.4) is 0 Å². The van der Waals surface area contributed by atoms with Gasteiger partial charge in [-0.05, 0) is 10.4 Å². The Morgan fingerprint density at radius 1 is 1.61 bits per heavy atom. The number of carboxylic acid groups (broad SMARTS) is 1. The number of hydrogen-bond donors (Lipinski definition) is 1. The van der Waals surface area contributed by atoms with Crippen LogP contribution < -0.4 is 0 Å². The second-order valence-electron chi connectivity index (χ2n) is 3.36. The summed E-state index contributed by atoms with van der Waals surface area (Å²) in [6, 6.07) is 0. The predicted molar refractivity (Wildman–Crippen MR) is 63.2 cm³/mol. The molecule has 0 spiro atoms. The van der Waals surface area contributed by atoms with Crippen LogP contribution in [0.1, 0.15) is 5.82 Å². The average Bonchev–Trinajstić information content (AvgIpc) is 2.86. The number of thioether (sulfide) groups is 1. The standard InChI is InChI=1S/C8H9ClN6O2S/c1-14-5(9)2-10-6(14)4-18-8-11-12-13-15(8)3-7(16)17/h2H,3-4H2,1H3,(H,16,17). The van der Waals surface area contributed by atoms with Gasteiger partial charge in [0.05, 0.1) is 11.9 Å². The summed E-state index contributed by atoms with van der Waals surface area (Å²) in [6.07, 6.45) is 1.55. The molecule has 2 aromatic heterocycles. The molecule has 0 fully saturated rings. The average molecular weight is 289 g/mol. The molecule has 0 radical (unpaired) electrons. The van der Waals surface area contributed by atoms with E-state index in [1.807, 2.05) is 0 Å². The van der Waals surface area contributed by atoms with Crippen LogP contribution in [0.15, 0.2) is 11.4 Å². The van der Waals surface area contributed by atoms with Gasteiger partial charge < -0.3 is 9.67 Å². The molecule has 0 aromatic carbocycles. The van der Waals surface area contributed by atoms with E-state index in [-0.39, 0.29) is 6.54 Å². The zero-order valence-electron chi connectivity index (χ0n) is 9.32. The molecule has 2 aromatic rings. The van der Waals surface area contributed by atoms with Crippen molar-refractivity contribution in [2.24, 2.45) is 7.05 Å². The largest absolute Gasteiger partial charge is 0.480 e. The maximum Gasteiger partial charge on any atom is 0.325 e. The van der Waals surface area contributed by atoms with Gasteiger partial charge in [0.2, 0.25) is 5.16 Å². The van der Waals surface area contributed by atoms with Crippen molar-refractivity contribution < 1.29 is 9.90 Å². The second-order valence-corrected chi connectivity index (χ2v) is 4.69. The summed E-state index contributed by atoms with van der Waals surface area (Å²) in [5.74, 6) is 0.266. The molecular weight excluding hydrogens is 280 g/mol. The minimum atomic E-state index is -0.996. The number of imidazole rings is 1. The third-order valence-corrected chi connectivity index (χ3v) is 3.45. The highest BCUT2D eigenvalue weighted by Crippen LogP contribution is 2.20. The molecule has 1 N–H and O–H groups in total. The van der Waals surface area contributed by atoms with Crippen LogP contribution in [0.2, 0.25) is 5.15 Å². The lowest BCUT2D eigenvalue weighted by molar-refractivity contribution is -0.138. The minimum absolute atomic E-state index is 0.267. The van der Waals surface area contributed by atoms with Crippen LogP contribution in [-0.4, -0.2) is 40.8 Å². The number of hydrogen-bond acceptors (Lipinski definition) is 6. The Bertz CT molecular complexity index is 568. The van der Waals surface area contributed by atoms with Gasteiger partial charge in [-0.3, -0.25) is 4.79 Å². The van der Waals surface area contributed by atoms with E-state index in [1.165, 1.54) is 16.4 Å². The van der Waals surface area contributed by atoms with Crippen LogP contribution in [0.4, 0.5) is 0 Å². The Balaban J connectivity index is 2.04. The number of tetrazole rings is 1. The third kappa shape index (κ3) is 2.79. The molecule has 0 bridgehead atoms. The quantitative estimate of drug-likeness (QED) is 0.797. The molecule has 96 valence electrons. The van der Waals surface area contributed by atoms with Crippen molar-refractivity contribution in [3.05, 3.63) is 17.2 Å². The van der Waals surface area contributed by atoms with Gasteiger partial charge in [0.1, 0.15) is 17.5 Å². The van der Waals surface area contributed by atoms with Gasteiger partial charge in [-0.15, -0.1) is 5.10 Å². The maximum atomic E-state index is 10.6. The van der Waals surface area contributed by atoms with Gasteiger partial charge >= 0.3 is 5.97 Å². The molecule has 0 saturated carbocycles. The van der Waals surface area contributed by atoms with E-state index in [0.29, 0.717) is 16.1 Å². The topological polar surface area (TPSA) is 98.7 Å². The fourth-order valence-corrected chi connectivity index (χ4v) is 2.23. The van der Waals surface area contributed by atoms with Crippen molar-refractivity contribution in [3.8, 4) is 0 Å². The van der Waals surface area contributed by atoms with Gasteiger partial charge in [-0.25, -0.2) is 9.67 Å². The summed E-state index contributed by atoms with van der Waals surface area (Å²) >= 11 is 7.16. The summed E-state index contributed by atoms with van der Waals surface area (Å²) in [5, 5.41) is 20.4. The molecule has 0 aliphatic carbocycles. The Kier molecular flexibility index (Phi) is 3.82. The molecule has 0 atom stereocenters. The fourth-order valence-electron chi connectivity index (χ4n) is 1.21. The highest BCUT2D eigenvalue weighted by atomic mass is 35.5. The van der Waals surface area contributed by atoms with Crippen molar-refractivity contribution in [1.82, 2.24) is 29.8 Å². The lowest BCUT2D eigenvalue weighted by Gasteiger charge is -2.02. The second kappa shape index (κ2) is 5.36. The van der Waals surface area contributed by atoms with E-state index in [2.05, 4.69) is 20.5 Å². The monoisotopic (exact) mass is 288 g/mol. The molecule has 8 nitrogen and oxygen atoms in total. The van der Waals surface area contributed by atoms with Crippen molar-refractivity contribution in [2.45, 2.75) is 17.5 Å². The molecule has 0 aliphatic heterocycles. The van der Waals surface area contributed by atoms with Gasteiger partial charge in [-0.2, -0.15) is 0 Å². The first-order valence-electron chi connectivity index (χ1n) is 4.84. The molecule has 0 amide bonds. The van der Waals surface area contributed by atoms with Crippen molar-refractivity contribution >= 4 is 29.3 Å². The van der Waals surface area contributed by atoms with Crippen molar-refractivity contribution in [1.29, 1.82) is 0 Å². The SMILES string of the molecule is Cn1c(Cl)cnc1CSc1nnnn1CC(=O)O. The molecule has 18 heavy (non-hydrogen) atoms. The predicted octanol–water partition coefficient (Wildman–Crippen LogP) is 0.437. The zero-order valence-corrected chi connectivity index (χ0v) is 10.9. The Morgan fingerprint density at radius 3 is 3.00 bits per heavy atom. The van der Waals surface area contributed by atoms with Crippen LogP contribution in [0.5, 0.6) is 0 Å². The summed E-state index contributed by atoms with van der Waals surface area (Å²) in [5.41, 5.74) is 0. The summed E-state index contributed by atoms with van der Waals surface area (Å²) in [6.45, 7) is -0.267. The van der Waals surface area contributed by atoms with Crippen molar-refractivity contribution in [3.63, 3.8) is 0 Å². The van der Waals surface area contributed by atoms with Crippen molar-refractivity contribution in [2.75, 3.05) is 0 Å². The van der Waals surface area contributed by atoms with E-state index in [1.54, 1.807) is 17.8 Å². The zero-order chi connectivity index (χ0) is 13.1. The van der Waals surface area contributed by atoms with Crippen LogP contribution in [0, 0.1) is 0 Å². The Labute approximate surface area is 111 Å². The number of rotatable bonds is 5. The number of halogens is 1. The Morgan fingerprint density at radius 2 is 2.39 bits per heavy atom. The van der Waals surface area contributed by atoms with E-state index < -0.39 is 5.97 Å². The first-order valence-corrected chi connectivity index (χ1v) is 6.21. The molecule has 10 heteroatoms. The number of aliphatic carboxylic acids is 1. The number of nitrogens with zero attached hydrogens (tertiary/aromatic N) is 6. The lowest BCUT2D eigenvalue weighted by atomic mass is 10.7. The molecule has 0 unspecified atom stereocenters. The van der Waals surface area contributed by atoms with E-state index in [0.717, 1.165) is 5.82 Å². The highest BCUT2D eigenvalue weighted by Gasteiger charge is 2.12. The maximum absolute atomic E-state index is 10.6. The van der Waals surface area contributed by atoms with Crippen LogP contribution >= 0.6 is 23.4 Å². The summed E-state index contributed by atoms with van der Waals surface area (Å²) < 4.78 is 2.96.